The number of hydrogen-bond acceptors (Lipinski definition) is 5. The number of unbranched alkanes of at least 4 members (excludes halogenated alkanes) is 2. The van der Waals surface area contributed by atoms with E-state index < -0.39 is 5.54 Å². The fourth-order valence-corrected chi connectivity index (χ4v) is 6.57. The van der Waals surface area contributed by atoms with Crippen LogP contribution in [0.2, 0.25) is 0 Å². The van der Waals surface area contributed by atoms with Crippen LogP contribution in [0.5, 0.6) is 0 Å². The molecule has 216 valence electrons. The molecule has 8 nitrogen and oxygen atoms in total. The third kappa shape index (κ3) is 7.40. The number of benzene rings is 1. The molecule has 3 N–H and O–H groups in total. The van der Waals surface area contributed by atoms with Crippen LogP contribution in [-0.4, -0.2) is 77.0 Å². The summed E-state index contributed by atoms with van der Waals surface area (Å²) >= 11 is 0. The lowest BCUT2D eigenvalue weighted by molar-refractivity contribution is -0.162. The van der Waals surface area contributed by atoms with E-state index in [1.165, 1.54) is 32.1 Å². The number of nitrogens with zero attached hydrogens (tertiary/aromatic N) is 2. The molecule has 4 rings (SSSR count). The third-order valence-corrected chi connectivity index (χ3v) is 9.01. The van der Waals surface area contributed by atoms with Crippen LogP contribution in [0.1, 0.15) is 99.9 Å². The van der Waals surface area contributed by atoms with Gasteiger partial charge in [-0.2, -0.15) is 0 Å². The maximum absolute atomic E-state index is 13.7. The quantitative estimate of drug-likeness (QED) is 0.352. The molecule has 3 amide bonds. The number of hydrogen-bond donors (Lipinski definition) is 3. The van der Waals surface area contributed by atoms with E-state index in [9.17, 15) is 14.4 Å². The highest BCUT2D eigenvalue weighted by atomic mass is 16.3. The number of carbonyl (C=O) groups is 3. The zero-order valence-electron chi connectivity index (χ0n) is 23.8. The maximum Gasteiger partial charge on any atom is 0.251 e. The van der Waals surface area contributed by atoms with Crippen molar-refractivity contribution in [3.63, 3.8) is 0 Å². The summed E-state index contributed by atoms with van der Waals surface area (Å²) in [5.41, 5.74) is 1.03. The minimum Gasteiger partial charge on any atom is -0.396 e. The molecule has 1 aliphatic carbocycles. The molecule has 2 heterocycles. The lowest BCUT2D eigenvalue weighted by atomic mass is 9.79. The minimum absolute atomic E-state index is 0.0491. The van der Waals surface area contributed by atoms with Crippen LogP contribution in [0.15, 0.2) is 24.3 Å². The van der Waals surface area contributed by atoms with E-state index >= 15 is 0 Å². The van der Waals surface area contributed by atoms with E-state index in [1.807, 2.05) is 29.2 Å². The third-order valence-electron chi connectivity index (χ3n) is 9.01. The summed E-state index contributed by atoms with van der Waals surface area (Å²) in [7, 11) is 0. The van der Waals surface area contributed by atoms with Crippen LogP contribution in [0.25, 0.3) is 0 Å². The van der Waals surface area contributed by atoms with Crippen LogP contribution in [0.4, 0.5) is 0 Å². The van der Waals surface area contributed by atoms with Gasteiger partial charge in [-0.25, -0.2) is 0 Å². The van der Waals surface area contributed by atoms with E-state index in [2.05, 4.69) is 22.5 Å². The Morgan fingerprint density at radius 3 is 2.44 bits per heavy atom. The van der Waals surface area contributed by atoms with Crippen molar-refractivity contribution < 1.29 is 19.5 Å². The summed E-state index contributed by atoms with van der Waals surface area (Å²) in [6.07, 6.45) is 11.6. The van der Waals surface area contributed by atoms with Crippen molar-refractivity contribution in [3.8, 4) is 0 Å². The Kier molecular flexibility index (Phi) is 10.8. The van der Waals surface area contributed by atoms with Gasteiger partial charge >= 0.3 is 0 Å². The molecule has 2 aliphatic heterocycles. The molecule has 1 saturated carbocycles. The van der Waals surface area contributed by atoms with E-state index in [4.69, 9.17) is 5.11 Å². The van der Waals surface area contributed by atoms with Gasteiger partial charge in [0.25, 0.3) is 5.91 Å². The first-order valence-corrected chi connectivity index (χ1v) is 15.3. The summed E-state index contributed by atoms with van der Waals surface area (Å²) in [6.45, 7) is 5.75. The molecule has 3 aliphatic rings. The van der Waals surface area contributed by atoms with E-state index in [1.54, 1.807) is 0 Å². The first-order chi connectivity index (χ1) is 19.0. The van der Waals surface area contributed by atoms with Gasteiger partial charge < -0.3 is 20.6 Å². The molecule has 0 radical (unpaired) electrons. The van der Waals surface area contributed by atoms with Crippen LogP contribution >= 0.6 is 0 Å². The molecule has 0 bridgehead atoms. The van der Waals surface area contributed by atoms with Crippen molar-refractivity contribution >= 4 is 17.7 Å². The standard InChI is InChI=1S/C31H48N4O4/c1-2-3-18-35-29(38)27(22-24-9-5-4-6-10-24)33-30(39)31(35)15-19-34(20-16-31)23-25-11-13-26(14-12-25)28(37)32-17-7-8-21-36/h11-14,24,27,36H,2-10,15-23H2,1H3,(H,32,37)(H,33,39)/t27-/m0/s1. The Balaban J connectivity index is 1.34. The van der Waals surface area contributed by atoms with Gasteiger partial charge in [0.15, 0.2) is 0 Å². The number of amides is 3. The lowest BCUT2D eigenvalue weighted by Crippen LogP contribution is -2.73. The number of rotatable bonds is 12. The maximum atomic E-state index is 13.7. The Bertz CT molecular complexity index is 952. The van der Waals surface area contributed by atoms with E-state index in [-0.39, 0.29) is 30.4 Å². The summed E-state index contributed by atoms with van der Waals surface area (Å²) in [4.78, 5) is 44.0. The van der Waals surface area contributed by atoms with Crippen LogP contribution in [0.3, 0.4) is 0 Å². The zero-order chi connectivity index (χ0) is 27.7. The Morgan fingerprint density at radius 1 is 1.05 bits per heavy atom. The first-order valence-electron chi connectivity index (χ1n) is 15.3. The van der Waals surface area contributed by atoms with Crippen LogP contribution in [-0.2, 0) is 16.1 Å². The lowest BCUT2D eigenvalue weighted by Gasteiger charge is -2.52. The largest absolute Gasteiger partial charge is 0.396 e. The predicted octanol–water partition coefficient (Wildman–Crippen LogP) is 3.62. The van der Waals surface area contributed by atoms with Gasteiger partial charge in [0.2, 0.25) is 11.8 Å². The minimum atomic E-state index is -0.732. The van der Waals surface area contributed by atoms with Crippen molar-refractivity contribution in [1.29, 1.82) is 0 Å². The highest BCUT2D eigenvalue weighted by Crippen LogP contribution is 2.36. The molecule has 8 heteroatoms. The summed E-state index contributed by atoms with van der Waals surface area (Å²) in [5.74, 6) is 0.627. The fraction of sp³-hybridized carbons (Fsp3) is 0.710. The fourth-order valence-electron chi connectivity index (χ4n) is 6.57. The average molecular weight is 541 g/mol. The second-order valence-electron chi connectivity index (χ2n) is 11.8. The monoisotopic (exact) mass is 540 g/mol. The number of piperazine rings is 1. The van der Waals surface area contributed by atoms with Gasteiger partial charge in [0.05, 0.1) is 0 Å². The number of aliphatic hydroxyl groups excluding tert-OH is 1. The van der Waals surface area contributed by atoms with Crippen molar-refractivity contribution in [2.45, 2.75) is 102 Å². The summed E-state index contributed by atoms with van der Waals surface area (Å²) in [6, 6.07) is 7.33. The Morgan fingerprint density at radius 2 is 1.77 bits per heavy atom. The van der Waals surface area contributed by atoms with E-state index in [0.717, 1.165) is 50.9 Å². The van der Waals surface area contributed by atoms with Crippen molar-refractivity contribution in [2.24, 2.45) is 5.92 Å². The number of piperidine rings is 1. The van der Waals surface area contributed by atoms with Crippen LogP contribution in [0, 0.1) is 5.92 Å². The normalized spacial score (nSPS) is 22.2. The second kappa shape index (κ2) is 14.3. The van der Waals surface area contributed by atoms with Crippen molar-refractivity contribution in [3.05, 3.63) is 35.4 Å². The average Bonchev–Trinajstić information content (AvgIpc) is 2.96. The Hall–Kier alpha value is -2.45. The molecule has 2 saturated heterocycles. The van der Waals surface area contributed by atoms with Gasteiger partial charge in [-0.3, -0.25) is 19.3 Å². The zero-order valence-corrected chi connectivity index (χ0v) is 23.8. The molecular weight excluding hydrogens is 492 g/mol. The topological polar surface area (TPSA) is 102 Å². The molecule has 0 unspecified atom stereocenters. The van der Waals surface area contributed by atoms with Gasteiger partial charge in [0.1, 0.15) is 11.6 Å². The highest BCUT2D eigenvalue weighted by molar-refractivity contribution is 6.00. The number of carbonyl (C=O) groups excluding carboxylic acids is 3. The number of likely N-dealkylation sites (tertiary alicyclic amines) is 1. The van der Waals surface area contributed by atoms with E-state index in [0.29, 0.717) is 43.8 Å². The molecular formula is C31H48N4O4. The molecule has 0 aromatic heterocycles. The predicted molar refractivity (Wildman–Crippen MR) is 152 cm³/mol. The molecule has 1 aromatic carbocycles. The Labute approximate surface area is 233 Å². The molecule has 39 heavy (non-hydrogen) atoms. The van der Waals surface area contributed by atoms with Gasteiger partial charge in [-0.15, -0.1) is 0 Å². The number of aliphatic hydroxyl groups is 1. The summed E-state index contributed by atoms with van der Waals surface area (Å²) in [5, 5.41) is 14.9. The first kappa shape index (κ1) is 29.5. The smallest absolute Gasteiger partial charge is 0.251 e. The molecule has 1 atom stereocenters. The molecule has 1 aromatic rings. The van der Waals surface area contributed by atoms with Gasteiger partial charge in [-0.05, 0) is 62.1 Å². The summed E-state index contributed by atoms with van der Waals surface area (Å²) < 4.78 is 0. The van der Waals surface area contributed by atoms with Crippen LogP contribution < -0.4 is 10.6 Å². The van der Waals surface area contributed by atoms with Gasteiger partial charge in [-0.1, -0.05) is 57.6 Å². The van der Waals surface area contributed by atoms with Crippen molar-refractivity contribution in [2.75, 3.05) is 32.8 Å². The SMILES string of the molecule is CCCCN1C(=O)[C@H](CC2CCCCC2)NC(=O)C12CCN(Cc1ccc(C(=O)NCCCCO)cc1)CC2. The molecule has 3 fully saturated rings. The highest BCUT2D eigenvalue weighted by Gasteiger charge is 2.53. The number of nitrogens with one attached hydrogen (secondary N) is 2. The second-order valence-corrected chi connectivity index (χ2v) is 11.8. The van der Waals surface area contributed by atoms with Crippen molar-refractivity contribution in [1.82, 2.24) is 20.4 Å². The van der Waals surface area contributed by atoms with Gasteiger partial charge in [0, 0.05) is 44.9 Å². The molecule has 1 spiro atoms.